The van der Waals surface area contributed by atoms with Gasteiger partial charge in [-0.05, 0) is 44.9 Å². The van der Waals surface area contributed by atoms with Crippen molar-refractivity contribution in [1.29, 1.82) is 0 Å². The van der Waals surface area contributed by atoms with Crippen LogP contribution in [0.25, 0.3) is 0 Å². The van der Waals surface area contributed by atoms with Crippen LogP contribution in [0.15, 0.2) is 60.8 Å². The Kier molecular flexibility index (Phi) is 23.7. The molecule has 0 saturated carbocycles. The molecule has 0 aromatic rings. The highest BCUT2D eigenvalue weighted by Crippen LogP contribution is 2.19. The second-order valence-corrected chi connectivity index (χ2v) is 10.6. The molecule has 9 heteroatoms. The molecule has 0 aromatic carbocycles. The van der Waals surface area contributed by atoms with E-state index in [-0.39, 0.29) is 31.4 Å². The quantitative estimate of drug-likeness (QED) is 0.0755. The van der Waals surface area contributed by atoms with Crippen molar-refractivity contribution in [3.05, 3.63) is 60.8 Å². The lowest BCUT2D eigenvalue weighted by Crippen LogP contribution is -2.46. The Hall–Kier alpha value is -2.62. The zero-order chi connectivity index (χ0) is 29.9. The van der Waals surface area contributed by atoms with Gasteiger partial charge in [0.25, 0.3) is 0 Å². The van der Waals surface area contributed by atoms with Crippen molar-refractivity contribution in [2.75, 3.05) is 25.4 Å². The second-order valence-electron chi connectivity index (χ2n) is 9.82. The van der Waals surface area contributed by atoms with Gasteiger partial charge in [0.05, 0.1) is 18.6 Å². The van der Waals surface area contributed by atoms with Crippen LogP contribution in [0, 0.1) is 5.41 Å². The summed E-state index contributed by atoms with van der Waals surface area (Å²) in [5, 5.41) is 24.3. The van der Waals surface area contributed by atoms with Gasteiger partial charge in [-0.25, -0.2) is 0 Å². The molecular formula is C31H50N2O6S. The predicted octanol–water partition coefficient (Wildman–Crippen LogP) is 5.10. The Morgan fingerprint density at radius 1 is 0.825 bits per heavy atom. The number of hydrogen-bond donors (Lipinski definition) is 4. The Bertz CT molecular complexity index is 849. The van der Waals surface area contributed by atoms with E-state index >= 15 is 0 Å². The molecule has 0 aliphatic heterocycles. The largest absolute Gasteiger partial charge is 0.396 e. The maximum Gasteiger partial charge on any atom is 0.317 e. The van der Waals surface area contributed by atoms with E-state index in [0.717, 1.165) is 57.0 Å². The van der Waals surface area contributed by atoms with Gasteiger partial charge in [0.2, 0.25) is 11.8 Å². The Morgan fingerprint density at radius 3 is 1.93 bits per heavy atom. The van der Waals surface area contributed by atoms with Crippen LogP contribution in [-0.4, -0.2) is 59.5 Å². The van der Waals surface area contributed by atoms with Gasteiger partial charge in [-0.2, -0.15) is 0 Å². The molecular weight excluding hydrogens is 528 g/mol. The van der Waals surface area contributed by atoms with Crippen LogP contribution in [0.4, 0.5) is 0 Å². The molecule has 0 bridgehead atoms. The predicted molar refractivity (Wildman–Crippen MR) is 164 cm³/mol. The smallest absolute Gasteiger partial charge is 0.317 e. The van der Waals surface area contributed by atoms with Crippen molar-refractivity contribution >= 4 is 29.8 Å². The summed E-state index contributed by atoms with van der Waals surface area (Å²) in [7, 11) is 0. The number of nitrogens with one attached hydrogen (secondary N) is 2. The molecule has 0 radical (unpaired) electrons. The van der Waals surface area contributed by atoms with Gasteiger partial charge in [0, 0.05) is 37.1 Å². The number of rotatable bonds is 23. The highest BCUT2D eigenvalue weighted by atomic mass is 32.2. The minimum absolute atomic E-state index is 0.0538. The fourth-order valence-corrected chi connectivity index (χ4v) is 3.52. The Morgan fingerprint density at radius 2 is 1.38 bits per heavy atom. The van der Waals surface area contributed by atoms with Gasteiger partial charge in [-0.15, -0.1) is 0 Å². The van der Waals surface area contributed by atoms with Crippen molar-refractivity contribution in [2.45, 2.75) is 84.7 Å². The Labute approximate surface area is 245 Å². The van der Waals surface area contributed by atoms with E-state index in [4.69, 9.17) is 4.18 Å². The first-order valence-electron chi connectivity index (χ1n) is 14.1. The summed E-state index contributed by atoms with van der Waals surface area (Å²) in [6.07, 6.45) is 26.9. The third kappa shape index (κ3) is 22.2. The third-order valence-electron chi connectivity index (χ3n) is 5.62. The van der Waals surface area contributed by atoms with E-state index in [1.165, 1.54) is 0 Å². The van der Waals surface area contributed by atoms with Gasteiger partial charge < -0.3 is 25.0 Å². The number of hydrogen-bond acceptors (Lipinski definition) is 7. The molecule has 0 saturated heterocycles. The van der Waals surface area contributed by atoms with Crippen LogP contribution in [0.1, 0.15) is 78.6 Å². The van der Waals surface area contributed by atoms with Crippen molar-refractivity contribution in [3.8, 4) is 0 Å². The number of aliphatic hydroxyl groups excluding tert-OH is 2. The fraction of sp³-hybridized carbons (Fsp3) is 0.581. The number of carbonyl (C=O) groups is 3. The summed E-state index contributed by atoms with van der Waals surface area (Å²) in [5.41, 5.74) is -0.962. The van der Waals surface area contributed by atoms with Gasteiger partial charge in [0.1, 0.15) is 6.10 Å². The van der Waals surface area contributed by atoms with Crippen LogP contribution >= 0.6 is 12.0 Å². The maximum absolute atomic E-state index is 11.9. The fourth-order valence-electron chi connectivity index (χ4n) is 3.04. The zero-order valence-corrected chi connectivity index (χ0v) is 25.3. The average molecular weight is 579 g/mol. The minimum atomic E-state index is -1.36. The number of aliphatic hydroxyl groups is 2. The first-order valence-corrected chi connectivity index (χ1v) is 15.1. The van der Waals surface area contributed by atoms with Crippen LogP contribution in [0.2, 0.25) is 0 Å². The first kappa shape index (κ1) is 37.4. The monoisotopic (exact) mass is 578 g/mol. The first-order chi connectivity index (χ1) is 19.2. The van der Waals surface area contributed by atoms with E-state index in [1.54, 1.807) is 13.8 Å². The average Bonchev–Trinajstić information content (AvgIpc) is 2.93. The number of allylic oxidation sites excluding steroid dienone is 10. The normalized spacial score (nSPS) is 13.2. The van der Waals surface area contributed by atoms with E-state index in [1.807, 2.05) is 0 Å². The molecule has 0 aliphatic rings. The summed E-state index contributed by atoms with van der Waals surface area (Å²) in [6.45, 7) is 5.33. The van der Waals surface area contributed by atoms with E-state index in [0.29, 0.717) is 18.7 Å². The number of carbonyl (C=O) groups excluding carboxylic acids is 3. The summed E-state index contributed by atoms with van der Waals surface area (Å²) in [6, 6.07) is 0. The summed E-state index contributed by atoms with van der Waals surface area (Å²) < 4.78 is 5.11. The maximum atomic E-state index is 11.9. The third-order valence-corrected chi connectivity index (χ3v) is 6.29. The van der Waals surface area contributed by atoms with Crippen molar-refractivity contribution in [3.63, 3.8) is 0 Å². The molecule has 0 unspecified atom stereocenters. The topological polar surface area (TPSA) is 125 Å². The molecule has 2 amide bonds. The van der Waals surface area contributed by atoms with Gasteiger partial charge in [-0.3, -0.25) is 14.4 Å². The lowest BCUT2D eigenvalue weighted by atomic mass is 9.87. The number of amides is 2. The van der Waals surface area contributed by atoms with Crippen molar-refractivity contribution in [1.82, 2.24) is 10.6 Å². The lowest BCUT2D eigenvalue weighted by molar-refractivity contribution is -0.137. The van der Waals surface area contributed by atoms with Gasteiger partial charge >= 0.3 is 5.97 Å². The molecule has 1 atom stereocenters. The van der Waals surface area contributed by atoms with Crippen molar-refractivity contribution in [2.24, 2.45) is 5.41 Å². The van der Waals surface area contributed by atoms with Gasteiger partial charge in [-0.1, -0.05) is 81.5 Å². The molecule has 0 spiro atoms. The summed E-state index contributed by atoms with van der Waals surface area (Å²) >= 11 is 1.00. The molecule has 0 aromatic heterocycles. The molecule has 0 aliphatic carbocycles. The van der Waals surface area contributed by atoms with E-state index in [9.17, 15) is 24.6 Å². The number of unbranched alkanes of at least 4 members (excludes halogenated alkanes) is 1. The van der Waals surface area contributed by atoms with Crippen LogP contribution in [-0.2, 0) is 18.6 Å². The molecule has 40 heavy (non-hydrogen) atoms. The van der Waals surface area contributed by atoms with E-state index < -0.39 is 17.4 Å². The van der Waals surface area contributed by atoms with Crippen LogP contribution in [0.5, 0.6) is 0 Å². The summed E-state index contributed by atoms with van der Waals surface area (Å²) in [4.78, 5) is 35.5. The highest BCUT2D eigenvalue weighted by Gasteiger charge is 2.32. The minimum Gasteiger partial charge on any atom is -0.396 e. The summed E-state index contributed by atoms with van der Waals surface area (Å²) in [5.74, 6) is -0.756. The van der Waals surface area contributed by atoms with Crippen molar-refractivity contribution < 1.29 is 28.8 Å². The van der Waals surface area contributed by atoms with Crippen LogP contribution in [0.3, 0.4) is 0 Å². The molecule has 0 heterocycles. The molecule has 226 valence electrons. The molecule has 0 fully saturated rings. The lowest BCUT2D eigenvalue weighted by Gasteiger charge is -2.27. The second kappa shape index (κ2) is 25.4. The van der Waals surface area contributed by atoms with Crippen LogP contribution < -0.4 is 10.6 Å². The SMILES string of the molecule is CC/C=C\C/C=C\C/C=C\C/C=C\C/C=C\CCCC(=O)OSCCNC(=O)CCNC(=O)[C@H](O)C(C)(C)CO. The standard InChI is InChI=1S/C31H50N2O6S/c1-4-5-6-7-8-9-10-11-12-13-14-15-16-17-18-19-20-21-28(36)39-40-25-24-32-27(35)22-23-33-30(38)29(37)31(2,3)26-34/h5-6,8-9,11-12,14-15,17-18,29,34,37H,4,7,10,13,16,19-26H2,1-3H3,(H,32,35)(H,33,38)/b6-5-,9-8-,12-11-,15-14-,18-17-/t29-/m0/s1. The molecule has 0 rings (SSSR count). The zero-order valence-electron chi connectivity index (χ0n) is 24.5. The van der Waals surface area contributed by atoms with Gasteiger partial charge in [0.15, 0.2) is 0 Å². The molecule has 8 nitrogen and oxygen atoms in total. The highest BCUT2D eigenvalue weighted by molar-refractivity contribution is 7.95. The Balaban J connectivity index is 3.68. The molecule has 4 N–H and O–H groups in total. The van der Waals surface area contributed by atoms with E-state index in [2.05, 4.69) is 78.3 Å².